The number of ether oxygens (including phenoxy) is 1. The van der Waals surface area contributed by atoms with Gasteiger partial charge in [-0.1, -0.05) is 62.4 Å². The number of halogens is 1. The van der Waals surface area contributed by atoms with Gasteiger partial charge in [0.25, 0.3) is 0 Å². The Morgan fingerprint density at radius 3 is 1.80 bits per heavy atom. The summed E-state index contributed by atoms with van der Waals surface area (Å²) in [5.74, 6) is -0.532. The van der Waals surface area contributed by atoms with Gasteiger partial charge in [0.05, 0.1) is 11.8 Å². The molecule has 0 spiro atoms. The summed E-state index contributed by atoms with van der Waals surface area (Å²) in [4.78, 5) is 12.8. The van der Waals surface area contributed by atoms with Crippen LogP contribution in [0.5, 0.6) is 0 Å². The molecule has 0 aromatic heterocycles. The average Bonchev–Trinajstić information content (AvgIpc) is 2.81. The van der Waals surface area contributed by atoms with E-state index < -0.39 is 30.8 Å². The number of amides is 1. The lowest BCUT2D eigenvalue weighted by Crippen LogP contribution is -2.47. The highest BCUT2D eigenvalue weighted by atomic mass is 31.2. The minimum absolute atomic E-state index is 0.133. The Hall–Kier alpha value is -3.24. The molecule has 3 aromatic rings. The Labute approximate surface area is 206 Å². The molecule has 1 amide bonds. The van der Waals surface area contributed by atoms with Gasteiger partial charge in [0.1, 0.15) is 11.4 Å². The molecule has 0 bridgehead atoms. The molecule has 0 aliphatic heterocycles. The van der Waals surface area contributed by atoms with E-state index in [1.54, 1.807) is 57.2 Å². The Morgan fingerprint density at radius 2 is 1.37 bits per heavy atom. The van der Waals surface area contributed by atoms with E-state index in [0.717, 1.165) is 0 Å². The average molecular weight is 495 g/mol. The van der Waals surface area contributed by atoms with Crippen LogP contribution in [0.25, 0.3) is 0 Å². The Morgan fingerprint density at radius 1 is 0.886 bits per heavy atom. The van der Waals surface area contributed by atoms with Crippen molar-refractivity contribution in [1.82, 2.24) is 5.32 Å². The van der Waals surface area contributed by atoms with Crippen molar-refractivity contribution in [3.05, 3.63) is 96.3 Å². The second kappa shape index (κ2) is 11.0. The van der Waals surface area contributed by atoms with Gasteiger partial charge in [-0.05, 0) is 68.7 Å². The molecule has 0 heterocycles. The monoisotopic (exact) mass is 494 g/mol. The Bertz CT molecular complexity index is 1160. The first-order valence-corrected chi connectivity index (χ1v) is 13.2. The van der Waals surface area contributed by atoms with Crippen molar-refractivity contribution in [2.24, 2.45) is 10.7 Å². The topological polar surface area (TPSA) is 67.8 Å². The van der Waals surface area contributed by atoms with Crippen LogP contribution in [-0.4, -0.2) is 23.4 Å². The number of hydrogen-bond donors (Lipinski definition) is 1. The largest absolute Gasteiger partial charge is 0.444 e. The smallest absolute Gasteiger partial charge is 0.408 e. The van der Waals surface area contributed by atoms with E-state index in [9.17, 15) is 13.8 Å². The highest BCUT2D eigenvalue weighted by Gasteiger charge is 2.32. The molecule has 0 aliphatic rings. The van der Waals surface area contributed by atoms with E-state index in [1.165, 1.54) is 12.1 Å². The molecular formula is C28H32FN2O3P. The van der Waals surface area contributed by atoms with Crippen LogP contribution in [0, 0.1) is 11.7 Å². The van der Waals surface area contributed by atoms with Crippen LogP contribution >= 0.6 is 7.29 Å². The maximum absolute atomic E-state index is 14.7. The summed E-state index contributed by atoms with van der Waals surface area (Å²) in [5, 5.41) is 4.03. The van der Waals surface area contributed by atoms with Gasteiger partial charge in [-0.15, -0.1) is 0 Å². The molecule has 0 saturated carbocycles. The van der Waals surface area contributed by atoms with Gasteiger partial charge < -0.3 is 10.1 Å². The van der Waals surface area contributed by atoms with Crippen LogP contribution in [0.1, 0.15) is 40.2 Å². The minimum atomic E-state index is -3.53. The molecule has 0 aliphatic carbocycles. The number of nitrogens with one attached hydrogen (secondary N) is 1. The quantitative estimate of drug-likeness (QED) is 0.319. The first-order valence-electron chi connectivity index (χ1n) is 11.6. The summed E-state index contributed by atoms with van der Waals surface area (Å²) in [6.07, 6.45) is -0.611. The maximum atomic E-state index is 14.7. The van der Waals surface area contributed by atoms with Crippen molar-refractivity contribution in [3.8, 4) is 0 Å². The first-order chi connectivity index (χ1) is 16.5. The number of nitrogens with zero attached hydrogens (tertiary/aromatic N) is 1. The lowest BCUT2D eigenvalue weighted by molar-refractivity contribution is 0.0508. The second-order valence-corrected chi connectivity index (χ2v) is 12.0. The number of rotatable bonds is 7. The normalized spacial score (nSPS) is 13.4. The zero-order chi connectivity index (χ0) is 25.6. The fourth-order valence-electron chi connectivity index (χ4n) is 3.58. The molecular weight excluding hydrogens is 462 g/mol. The molecule has 184 valence electrons. The summed E-state index contributed by atoms with van der Waals surface area (Å²) in [6, 6.07) is 23.3. The van der Waals surface area contributed by atoms with Gasteiger partial charge in [-0.3, -0.25) is 4.57 Å². The Balaban J connectivity index is 2.23. The number of carbonyl (C=O) groups is 1. The summed E-state index contributed by atoms with van der Waals surface area (Å²) in [6.45, 7) is 9.20. The van der Waals surface area contributed by atoms with Crippen LogP contribution in [-0.2, 0) is 9.30 Å². The highest BCUT2D eigenvalue weighted by Crippen LogP contribution is 2.46. The fourth-order valence-corrected chi connectivity index (χ4v) is 5.81. The van der Waals surface area contributed by atoms with E-state index >= 15 is 0 Å². The maximum Gasteiger partial charge on any atom is 0.408 e. The van der Waals surface area contributed by atoms with Gasteiger partial charge in [-0.25, -0.2) is 13.9 Å². The Kier molecular flexibility index (Phi) is 8.29. The van der Waals surface area contributed by atoms with Crippen LogP contribution < -0.4 is 15.9 Å². The minimum Gasteiger partial charge on any atom is -0.444 e. The first kappa shape index (κ1) is 26.4. The molecule has 35 heavy (non-hydrogen) atoms. The molecule has 7 heteroatoms. The third-order valence-corrected chi connectivity index (χ3v) is 7.73. The van der Waals surface area contributed by atoms with Crippen molar-refractivity contribution in [3.63, 3.8) is 0 Å². The SMILES string of the molecule is CC(C)[C@H](NC(=O)OC(C)(C)C)/C(=N/P(=O)(c1ccccc1)c1ccccc1)c1ccc(F)cc1. The van der Waals surface area contributed by atoms with Crippen LogP contribution in [0.4, 0.5) is 9.18 Å². The highest BCUT2D eigenvalue weighted by molar-refractivity contribution is 7.77. The van der Waals surface area contributed by atoms with Crippen molar-refractivity contribution in [2.75, 3.05) is 0 Å². The lowest BCUT2D eigenvalue weighted by Gasteiger charge is -2.28. The number of benzene rings is 3. The fraction of sp³-hybridized carbons (Fsp3) is 0.286. The zero-order valence-electron chi connectivity index (χ0n) is 20.7. The van der Waals surface area contributed by atoms with Gasteiger partial charge >= 0.3 is 6.09 Å². The van der Waals surface area contributed by atoms with E-state index in [4.69, 9.17) is 9.50 Å². The van der Waals surface area contributed by atoms with E-state index in [2.05, 4.69) is 5.32 Å². The molecule has 0 saturated heterocycles. The predicted molar refractivity (Wildman–Crippen MR) is 141 cm³/mol. The third-order valence-electron chi connectivity index (χ3n) is 5.23. The van der Waals surface area contributed by atoms with E-state index in [1.807, 2.05) is 50.2 Å². The second-order valence-electron chi connectivity index (χ2n) is 9.61. The number of alkyl carbamates (subject to hydrolysis) is 1. The van der Waals surface area contributed by atoms with Crippen LogP contribution in [0.15, 0.2) is 89.7 Å². The lowest BCUT2D eigenvalue weighted by atomic mass is 9.94. The van der Waals surface area contributed by atoms with Gasteiger partial charge in [0.15, 0.2) is 0 Å². The van der Waals surface area contributed by atoms with Crippen molar-refractivity contribution >= 4 is 29.7 Å². The summed E-state index contributed by atoms with van der Waals surface area (Å²) in [5.41, 5.74) is 0.262. The van der Waals surface area contributed by atoms with Gasteiger partial charge in [0, 0.05) is 10.6 Å². The van der Waals surface area contributed by atoms with E-state index in [-0.39, 0.29) is 5.92 Å². The van der Waals surface area contributed by atoms with Crippen LogP contribution in [0.3, 0.4) is 0 Å². The molecule has 0 fully saturated rings. The third kappa shape index (κ3) is 6.89. The molecule has 0 unspecified atom stereocenters. The molecule has 1 atom stereocenters. The standard InChI is InChI=1S/C28H32FN2O3P/c1-20(2)25(30-27(32)34-28(3,4)5)26(21-16-18-22(29)19-17-21)31-35(33,23-12-8-6-9-13-23)24-14-10-7-11-15-24/h6-20,25H,1-5H3,(H,30,32)/b31-26+/t25-/m0/s1. The summed E-state index contributed by atoms with van der Waals surface area (Å²) < 4.78 is 38.9. The van der Waals surface area contributed by atoms with Crippen molar-refractivity contribution in [2.45, 2.75) is 46.3 Å². The molecule has 1 N–H and O–H groups in total. The molecule has 3 aromatic carbocycles. The number of hydrogen-bond acceptors (Lipinski definition) is 3. The molecule has 5 nitrogen and oxygen atoms in total. The van der Waals surface area contributed by atoms with E-state index in [0.29, 0.717) is 21.9 Å². The van der Waals surface area contributed by atoms with Gasteiger partial charge in [-0.2, -0.15) is 0 Å². The van der Waals surface area contributed by atoms with Crippen molar-refractivity contribution in [1.29, 1.82) is 0 Å². The molecule has 3 rings (SSSR count). The number of carbonyl (C=O) groups excluding carboxylic acids is 1. The summed E-state index contributed by atoms with van der Waals surface area (Å²) in [7, 11) is -3.53. The predicted octanol–water partition coefficient (Wildman–Crippen LogP) is 6.09. The van der Waals surface area contributed by atoms with Crippen LogP contribution in [0.2, 0.25) is 0 Å². The van der Waals surface area contributed by atoms with Gasteiger partial charge in [0.2, 0.25) is 7.29 Å². The van der Waals surface area contributed by atoms with Crippen molar-refractivity contribution < 1.29 is 18.5 Å². The zero-order valence-corrected chi connectivity index (χ0v) is 21.6. The molecule has 0 radical (unpaired) electrons. The summed E-state index contributed by atoms with van der Waals surface area (Å²) >= 11 is 0.